The van der Waals surface area contributed by atoms with E-state index in [9.17, 15) is 19.5 Å². The minimum Gasteiger partial charge on any atom is -0.457 e. The van der Waals surface area contributed by atoms with Gasteiger partial charge in [-0.25, -0.2) is 9.59 Å². The van der Waals surface area contributed by atoms with Crippen LogP contribution in [-0.2, 0) is 39.7 Å². The maximum Gasteiger partial charge on any atom is 0.410 e. The van der Waals surface area contributed by atoms with E-state index in [-0.39, 0.29) is 30.9 Å². The summed E-state index contributed by atoms with van der Waals surface area (Å²) in [6.07, 6.45) is -0.804. The first-order valence-electron chi connectivity index (χ1n) is 20.4. The fraction of sp³-hybridized carbons (Fsp3) is 0.622. The fourth-order valence-corrected chi connectivity index (χ4v) is 9.21. The number of likely N-dealkylation sites (N-methyl/N-ethyl adjacent to an activating group) is 1. The number of aliphatic hydroxyl groups is 1. The Bertz CT molecular complexity index is 1720. The van der Waals surface area contributed by atoms with Crippen LogP contribution in [0.2, 0.25) is 0 Å². The molecule has 12 heteroatoms. The number of ether oxygens (including phenoxy) is 6. The molecule has 0 aliphatic carbocycles. The lowest BCUT2D eigenvalue weighted by atomic mass is 9.74. The van der Waals surface area contributed by atoms with Gasteiger partial charge < -0.3 is 38.4 Å². The smallest absolute Gasteiger partial charge is 0.410 e. The predicted molar refractivity (Wildman–Crippen MR) is 216 cm³/mol. The lowest BCUT2D eigenvalue weighted by molar-refractivity contribution is -0.294. The minimum absolute atomic E-state index is 0.0909. The Morgan fingerprint density at radius 2 is 1.61 bits per heavy atom. The van der Waals surface area contributed by atoms with Crippen LogP contribution in [0.1, 0.15) is 80.2 Å². The normalized spacial score (nSPS) is 36.5. The molecule has 0 aromatic heterocycles. The van der Waals surface area contributed by atoms with E-state index in [1.165, 1.54) is 0 Å². The number of hydrogen-bond donors (Lipinski definition) is 1. The van der Waals surface area contributed by atoms with Crippen LogP contribution in [0.4, 0.5) is 4.79 Å². The molecule has 57 heavy (non-hydrogen) atoms. The SMILES string of the molecule is CC[C@H]1OC(=O)/C(C)=C/[C@H](C)[C@@H](O[C@@H]2O[C@H](C)C[C@H](N(C)C)[C@H]2O)[C@@](C)(OC)C[C@@H](C)C(=O)[C@H](C)[C@H]2N(CCc3ccc(Oc4ccccc4)cc3)C(=O)O[C@]12C. The average molecular weight is 793 g/mol. The Morgan fingerprint density at radius 1 is 0.965 bits per heavy atom. The van der Waals surface area contributed by atoms with Crippen molar-refractivity contribution >= 4 is 17.8 Å². The summed E-state index contributed by atoms with van der Waals surface area (Å²) in [7, 11) is 5.41. The van der Waals surface area contributed by atoms with Crippen molar-refractivity contribution in [2.45, 2.75) is 135 Å². The Labute approximate surface area is 338 Å². The summed E-state index contributed by atoms with van der Waals surface area (Å²) in [5.74, 6) is -0.953. The highest BCUT2D eigenvalue weighted by molar-refractivity contribution is 5.88. The van der Waals surface area contributed by atoms with Gasteiger partial charge in [0.2, 0.25) is 0 Å². The van der Waals surface area contributed by atoms with Crippen LogP contribution < -0.4 is 4.74 Å². The molecule has 0 unspecified atom stereocenters. The molecule has 2 saturated heterocycles. The van der Waals surface area contributed by atoms with Gasteiger partial charge in [0.15, 0.2) is 11.9 Å². The molecule has 2 fully saturated rings. The predicted octanol–water partition coefficient (Wildman–Crippen LogP) is 6.97. The summed E-state index contributed by atoms with van der Waals surface area (Å²) >= 11 is 0. The molecule has 3 heterocycles. The van der Waals surface area contributed by atoms with Crippen LogP contribution >= 0.6 is 0 Å². The van der Waals surface area contributed by atoms with Crippen molar-refractivity contribution in [3.8, 4) is 11.5 Å². The molecular weight excluding hydrogens is 728 g/mol. The first kappa shape index (κ1) is 44.3. The number of rotatable bonds is 10. The number of nitrogens with zero attached hydrogens (tertiary/aromatic N) is 2. The first-order valence-corrected chi connectivity index (χ1v) is 20.4. The number of carbonyl (C=O) groups is 3. The molecule has 5 rings (SSSR count). The fourth-order valence-electron chi connectivity index (χ4n) is 9.21. The first-order chi connectivity index (χ1) is 26.9. The van der Waals surface area contributed by atoms with Crippen LogP contribution in [0.3, 0.4) is 0 Å². The number of para-hydroxylation sites is 1. The number of carbonyl (C=O) groups excluding carboxylic acids is 3. The van der Waals surface area contributed by atoms with E-state index in [1.807, 2.05) is 115 Å². The topological polar surface area (TPSA) is 133 Å². The Morgan fingerprint density at radius 3 is 2.23 bits per heavy atom. The third kappa shape index (κ3) is 9.74. The molecule has 0 spiro atoms. The van der Waals surface area contributed by atoms with Crippen molar-refractivity contribution in [3.63, 3.8) is 0 Å². The van der Waals surface area contributed by atoms with Crippen molar-refractivity contribution < 1.29 is 47.9 Å². The van der Waals surface area contributed by atoms with Gasteiger partial charge in [-0.3, -0.25) is 9.69 Å². The molecule has 3 aliphatic heterocycles. The van der Waals surface area contributed by atoms with Gasteiger partial charge in [0.25, 0.3) is 0 Å². The van der Waals surface area contributed by atoms with E-state index in [0.29, 0.717) is 30.6 Å². The van der Waals surface area contributed by atoms with E-state index < -0.39 is 71.7 Å². The van der Waals surface area contributed by atoms with Gasteiger partial charge in [-0.05, 0) is 97.3 Å². The number of amides is 1. The number of cyclic esters (lactones) is 1. The molecule has 12 atom stereocenters. The largest absolute Gasteiger partial charge is 0.457 e. The summed E-state index contributed by atoms with van der Waals surface area (Å²) in [4.78, 5) is 46.1. The van der Waals surface area contributed by atoms with Gasteiger partial charge in [-0.15, -0.1) is 0 Å². The number of esters is 1. The van der Waals surface area contributed by atoms with Crippen molar-refractivity contribution in [1.82, 2.24) is 9.80 Å². The zero-order chi connectivity index (χ0) is 41.8. The number of methoxy groups -OCH3 is 1. The molecule has 0 bridgehead atoms. The summed E-state index contributed by atoms with van der Waals surface area (Å²) in [6.45, 7) is 15.1. The second kappa shape index (κ2) is 18.4. The molecular formula is C45H64N2O10. The molecule has 1 amide bonds. The minimum atomic E-state index is -1.33. The molecule has 2 aromatic rings. The van der Waals surface area contributed by atoms with Gasteiger partial charge in [-0.2, -0.15) is 0 Å². The van der Waals surface area contributed by atoms with Crippen molar-refractivity contribution in [2.24, 2.45) is 17.8 Å². The Hall–Kier alpha value is -3.81. The van der Waals surface area contributed by atoms with Crippen molar-refractivity contribution in [1.29, 1.82) is 0 Å². The van der Waals surface area contributed by atoms with Crippen LogP contribution in [0.15, 0.2) is 66.2 Å². The van der Waals surface area contributed by atoms with Crippen molar-refractivity contribution in [2.75, 3.05) is 27.7 Å². The van der Waals surface area contributed by atoms with E-state index in [1.54, 1.807) is 31.9 Å². The highest BCUT2D eigenvalue weighted by atomic mass is 16.7. The second-order valence-electron chi connectivity index (χ2n) is 17.0. The molecule has 12 nitrogen and oxygen atoms in total. The standard InChI is InChI=1S/C45H64N2O10/c1-12-36-45(8)39(47(43(51)57-45)23-22-32-18-20-34(21-19-32)54-33-16-14-13-15-17-33)31(6)37(48)29(4)26-44(7,52-11)40(27(2)24-28(3)41(50)55-36)56-42-38(49)35(46(9)10)25-30(5)53-42/h13-21,24,27,29-31,35-36,38-40,42,49H,12,22-23,25-26H2,1-11H3/b28-24+/t27-,29+,30+,31-,35-,36+,38+,39+,40+,42-,44-,45+/m0/s1. The number of ketones is 1. The highest BCUT2D eigenvalue weighted by Crippen LogP contribution is 2.43. The summed E-state index contributed by atoms with van der Waals surface area (Å²) in [5.41, 5.74) is -1.10. The lowest BCUT2D eigenvalue weighted by Crippen LogP contribution is -2.59. The maximum atomic E-state index is 14.7. The average Bonchev–Trinajstić information content (AvgIpc) is 3.44. The monoisotopic (exact) mass is 792 g/mol. The molecule has 0 radical (unpaired) electrons. The summed E-state index contributed by atoms with van der Waals surface area (Å²) < 4.78 is 37.5. The second-order valence-corrected chi connectivity index (χ2v) is 17.0. The van der Waals surface area contributed by atoms with Gasteiger partial charge in [0.05, 0.1) is 23.9 Å². The van der Waals surface area contributed by atoms with E-state index in [2.05, 4.69) is 0 Å². The molecule has 2 aromatic carbocycles. The zero-order valence-corrected chi connectivity index (χ0v) is 35.6. The van der Waals surface area contributed by atoms with Gasteiger partial charge in [0.1, 0.15) is 29.5 Å². The van der Waals surface area contributed by atoms with Gasteiger partial charge >= 0.3 is 12.1 Å². The Balaban J connectivity index is 1.46. The van der Waals surface area contributed by atoms with Crippen LogP contribution in [-0.4, -0.2) is 114 Å². The van der Waals surface area contributed by atoms with Crippen LogP contribution in [0.5, 0.6) is 11.5 Å². The summed E-state index contributed by atoms with van der Waals surface area (Å²) in [6, 6.07) is 16.3. The quantitative estimate of drug-likeness (QED) is 0.250. The number of Topliss-reactive ketones (excluding diaryl/α,β-unsaturated/α-hetero) is 1. The van der Waals surface area contributed by atoms with Gasteiger partial charge in [0, 0.05) is 43.0 Å². The molecule has 1 N–H and O–H groups in total. The van der Waals surface area contributed by atoms with Gasteiger partial charge in [-0.1, -0.05) is 64.1 Å². The number of hydrogen-bond acceptors (Lipinski definition) is 11. The van der Waals surface area contributed by atoms with Crippen molar-refractivity contribution in [3.05, 3.63) is 71.8 Å². The highest BCUT2D eigenvalue weighted by Gasteiger charge is 2.60. The van der Waals surface area contributed by atoms with E-state index in [0.717, 1.165) is 11.3 Å². The van der Waals surface area contributed by atoms with Crippen LogP contribution in [0.25, 0.3) is 0 Å². The number of aliphatic hydroxyl groups excluding tert-OH is 1. The lowest BCUT2D eigenvalue weighted by Gasteiger charge is -2.47. The third-order valence-electron chi connectivity index (χ3n) is 12.3. The Kier molecular flexibility index (Phi) is 14.3. The number of fused-ring (bicyclic) bond motifs is 1. The van der Waals surface area contributed by atoms with E-state index in [4.69, 9.17) is 28.4 Å². The summed E-state index contributed by atoms with van der Waals surface area (Å²) in [5, 5.41) is 11.4. The van der Waals surface area contributed by atoms with Crippen LogP contribution in [0, 0.1) is 17.8 Å². The zero-order valence-electron chi connectivity index (χ0n) is 35.6. The molecule has 3 aliphatic rings. The molecule has 0 saturated carbocycles. The molecule has 314 valence electrons. The van der Waals surface area contributed by atoms with E-state index >= 15 is 0 Å². The number of benzene rings is 2. The maximum absolute atomic E-state index is 14.7. The third-order valence-corrected chi connectivity index (χ3v) is 12.3.